The fraction of sp³-hybridized carbons (Fsp3) is 0.318. The number of sulfonamides is 1. The van der Waals surface area contributed by atoms with E-state index in [4.69, 9.17) is 0 Å². The lowest BCUT2D eigenvalue weighted by molar-refractivity contribution is 0.0746. The Labute approximate surface area is 167 Å². The third-order valence-corrected chi connectivity index (χ3v) is 6.65. The standard InChI is InChI=1S/C22H26N2O3S/c1-4-14-22(20(25)18-8-6-5-7-9-18)15-16-24(3)21(22)23-28(26,27)19-12-10-17(2)11-13-19/h4-13,20,25H,1,14-16H2,2-3H3/b23-21-/t20-,22-/m0/s1. The van der Waals surface area contributed by atoms with Crippen molar-refractivity contribution in [2.24, 2.45) is 9.81 Å². The van der Waals surface area contributed by atoms with Crippen LogP contribution >= 0.6 is 0 Å². The van der Waals surface area contributed by atoms with E-state index < -0.39 is 21.5 Å². The highest BCUT2D eigenvalue weighted by Crippen LogP contribution is 2.47. The summed E-state index contributed by atoms with van der Waals surface area (Å²) in [6.45, 7) is 6.35. The Morgan fingerprint density at radius 2 is 1.86 bits per heavy atom. The number of rotatable bonds is 6. The molecule has 0 spiro atoms. The summed E-state index contributed by atoms with van der Waals surface area (Å²) in [5.41, 5.74) is 0.875. The number of likely N-dealkylation sites (tertiary alicyclic amines) is 1. The quantitative estimate of drug-likeness (QED) is 0.753. The molecule has 0 unspecified atom stereocenters. The number of hydrogen-bond donors (Lipinski definition) is 1. The van der Waals surface area contributed by atoms with E-state index in [1.807, 2.05) is 49.2 Å². The molecule has 1 aliphatic rings. The van der Waals surface area contributed by atoms with Crippen molar-refractivity contribution in [1.82, 2.24) is 4.90 Å². The second-order valence-corrected chi connectivity index (χ2v) is 8.94. The number of aliphatic hydroxyl groups is 1. The normalized spacial score (nSPS) is 22.4. The van der Waals surface area contributed by atoms with Crippen molar-refractivity contribution in [3.8, 4) is 0 Å². The number of nitrogens with zero attached hydrogens (tertiary/aromatic N) is 2. The first-order valence-corrected chi connectivity index (χ1v) is 10.7. The van der Waals surface area contributed by atoms with Gasteiger partial charge in [-0.25, -0.2) is 0 Å². The van der Waals surface area contributed by atoms with Gasteiger partial charge in [0.25, 0.3) is 10.0 Å². The van der Waals surface area contributed by atoms with Crippen molar-refractivity contribution in [3.05, 3.63) is 78.4 Å². The Hall–Kier alpha value is -2.44. The summed E-state index contributed by atoms with van der Waals surface area (Å²) >= 11 is 0. The molecule has 1 heterocycles. The van der Waals surface area contributed by atoms with Crippen LogP contribution in [-0.2, 0) is 10.0 Å². The highest BCUT2D eigenvalue weighted by atomic mass is 32.2. The molecular formula is C22H26N2O3S. The van der Waals surface area contributed by atoms with Gasteiger partial charge in [-0.2, -0.15) is 8.42 Å². The maximum atomic E-state index is 13.0. The van der Waals surface area contributed by atoms with Crippen LogP contribution in [0.1, 0.15) is 30.1 Å². The molecule has 2 aromatic rings. The predicted molar refractivity (Wildman–Crippen MR) is 112 cm³/mol. The molecule has 2 atom stereocenters. The fourth-order valence-corrected chi connectivity index (χ4v) is 4.91. The Morgan fingerprint density at radius 3 is 2.46 bits per heavy atom. The topological polar surface area (TPSA) is 70.0 Å². The van der Waals surface area contributed by atoms with Gasteiger partial charge in [-0.05, 0) is 37.5 Å². The zero-order valence-electron chi connectivity index (χ0n) is 16.2. The van der Waals surface area contributed by atoms with Gasteiger partial charge in [-0.15, -0.1) is 11.0 Å². The SMILES string of the molecule is C=CC[C@@]1([C@@H](O)c2ccccc2)CCN(C)/C1=N\S(=O)(=O)c1ccc(C)cc1. The molecule has 6 heteroatoms. The van der Waals surface area contributed by atoms with Crippen molar-refractivity contribution < 1.29 is 13.5 Å². The molecule has 0 aliphatic carbocycles. The second-order valence-electron chi connectivity index (χ2n) is 7.34. The Bertz CT molecular complexity index is 969. The Kier molecular flexibility index (Phi) is 5.72. The summed E-state index contributed by atoms with van der Waals surface area (Å²) < 4.78 is 30.2. The van der Waals surface area contributed by atoms with Crippen molar-refractivity contribution in [1.29, 1.82) is 0 Å². The maximum absolute atomic E-state index is 13.0. The van der Waals surface area contributed by atoms with E-state index in [1.165, 1.54) is 0 Å². The highest BCUT2D eigenvalue weighted by Gasteiger charge is 2.49. The molecule has 1 fully saturated rings. The van der Waals surface area contributed by atoms with Crippen LogP contribution in [-0.4, -0.2) is 37.9 Å². The predicted octanol–water partition coefficient (Wildman–Crippen LogP) is 3.71. The lowest BCUT2D eigenvalue weighted by atomic mass is 9.74. The lowest BCUT2D eigenvalue weighted by Crippen LogP contribution is -2.38. The molecule has 1 aliphatic heterocycles. The molecule has 0 bridgehead atoms. The first-order valence-electron chi connectivity index (χ1n) is 9.27. The van der Waals surface area contributed by atoms with Crippen LogP contribution in [0.2, 0.25) is 0 Å². The summed E-state index contributed by atoms with van der Waals surface area (Å²) in [5.74, 6) is 0.379. The van der Waals surface area contributed by atoms with Crippen LogP contribution in [0.15, 0.2) is 76.5 Å². The molecule has 0 saturated carbocycles. The van der Waals surface area contributed by atoms with E-state index in [0.717, 1.165) is 11.1 Å². The van der Waals surface area contributed by atoms with Crippen LogP contribution in [0, 0.1) is 12.3 Å². The highest BCUT2D eigenvalue weighted by molar-refractivity contribution is 7.90. The fourth-order valence-electron chi connectivity index (χ4n) is 3.78. The number of amidine groups is 1. The van der Waals surface area contributed by atoms with E-state index in [9.17, 15) is 13.5 Å². The van der Waals surface area contributed by atoms with Crippen LogP contribution in [0.3, 0.4) is 0 Å². The van der Waals surface area contributed by atoms with Gasteiger partial charge in [0.1, 0.15) is 5.84 Å². The third-order valence-electron chi connectivity index (χ3n) is 5.37. The summed E-state index contributed by atoms with van der Waals surface area (Å²) in [5, 5.41) is 11.2. The first-order chi connectivity index (χ1) is 13.3. The maximum Gasteiger partial charge on any atom is 0.283 e. The van der Waals surface area contributed by atoms with Crippen LogP contribution < -0.4 is 0 Å². The minimum absolute atomic E-state index is 0.146. The molecular weight excluding hydrogens is 372 g/mol. The van der Waals surface area contributed by atoms with E-state index in [1.54, 1.807) is 30.3 Å². The molecule has 148 valence electrons. The molecule has 0 amide bonds. The number of hydrogen-bond acceptors (Lipinski definition) is 3. The van der Waals surface area contributed by atoms with Crippen molar-refractivity contribution in [3.63, 3.8) is 0 Å². The van der Waals surface area contributed by atoms with Gasteiger partial charge in [0.15, 0.2) is 0 Å². The number of aliphatic hydroxyl groups excluding tert-OH is 1. The van der Waals surface area contributed by atoms with Crippen molar-refractivity contribution in [2.45, 2.75) is 30.8 Å². The first kappa shape index (κ1) is 20.3. The minimum atomic E-state index is -3.90. The molecule has 1 N–H and O–H groups in total. The van der Waals surface area contributed by atoms with E-state index in [2.05, 4.69) is 11.0 Å². The zero-order chi connectivity index (χ0) is 20.4. The van der Waals surface area contributed by atoms with Gasteiger partial charge in [-0.1, -0.05) is 54.1 Å². The monoisotopic (exact) mass is 398 g/mol. The van der Waals surface area contributed by atoms with Gasteiger partial charge in [0.2, 0.25) is 0 Å². The number of allylic oxidation sites excluding steroid dienone is 1. The summed E-state index contributed by atoms with van der Waals surface area (Å²) in [4.78, 5) is 1.97. The largest absolute Gasteiger partial charge is 0.387 e. The smallest absolute Gasteiger partial charge is 0.283 e. The third kappa shape index (κ3) is 3.75. The summed E-state index contributed by atoms with van der Waals surface area (Å²) in [7, 11) is -2.09. The average molecular weight is 399 g/mol. The zero-order valence-corrected chi connectivity index (χ0v) is 17.1. The van der Waals surface area contributed by atoms with E-state index in [0.29, 0.717) is 25.2 Å². The molecule has 0 radical (unpaired) electrons. The number of benzene rings is 2. The molecule has 2 aromatic carbocycles. The van der Waals surface area contributed by atoms with Crippen LogP contribution in [0.4, 0.5) is 0 Å². The molecule has 1 saturated heterocycles. The Balaban J connectivity index is 2.11. The molecule has 3 rings (SSSR count). The van der Waals surface area contributed by atoms with Gasteiger partial charge < -0.3 is 10.0 Å². The van der Waals surface area contributed by atoms with Crippen molar-refractivity contribution >= 4 is 15.9 Å². The van der Waals surface area contributed by atoms with Gasteiger partial charge in [-0.3, -0.25) is 0 Å². The average Bonchev–Trinajstić information content (AvgIpc) is 2.99. The number of aryl methyl sites for hydroxylation is 1. The lowest BCUT2D eigenvalue weighted by Gasteiger charge is -2.34. The summed E-state index contributed by atoms with van der Waals surface area (Å²) in [6, 6.07) is 15.9. The Morgan fingerprint density at radius 1 is 1.21 bits per heavy atom. The van der Waals surface area contributed by atoms with Gasteiger partial charge >= 0.3 is 0 Å². The van der Waals surface area contributed by atoms with Gasteiger partial charge in [0.05, 0.1) is 16.4 Å². The summed E-state index contributed by atoms with van der Waals surface area (Å²) in [6.07, 6.45) is 1.85. The molecule has 28 heavy (non-hydrogen) atoms. The van der Waals surface area contributed by atoms with Gasteiger partial charge in [0, 0.05) is 13.6 Å². The van der Waals surface area contributed by atoms with Crippen molar-refractivity contribution in [2.75, 3.05) is 13.6 Å². The van der Waals surface area contributed by atoms with E-state index in [-0.39, 0.29) is 4.90 Å². The molecule has 0 aromatic heterocycles. The minimum Gasteiger partial charge on any atom is -0.387 e. The molecule has 5 nitrogen and oxygen atoms in total. The van der Waals surface area contributed by atoms with Crippen LogP contribution in [0.25, 0.3) is 0 Å². The van der Waals surface area contributed by atoms with E-state index >= 15 is 0 Å². The van der Waals surface area contributed by atoms with Crippen LogP contribution in [0.5, 0.6) is 0 Å². The second kappa shape index (κ2) is 7.89.